The Morgan fingerprint density at radius 3 is 2.61 bits per heavy atom. The van der Waals surface area contributed by atoms with Gasteiger partial charge in [0.15, 0.2) is 5.82 Å². The molecule has 0 saturated heterocycles. The minimum Gasteiger partial charge on any atom is -0.457 e. The standard InChI is InChI=1S/C25H21N5O/c1-16-7-5-9-19(13-16)27-25-28-24(29-30-25)18-8-6-10-20(15-18)31-23-14-17(2)26-22-12-4-3-11-21(22)23/h3-15H,1-2H3,(H2,27,28,29,30). The number of fused-ring (bicyclic) bond motifs is 1. The van der Waals surface area contributed by atoms with Crippen molar-refractivity contribution < 1.29 is 4.74 Å². The summed E-state index contributed by atoms with van der Waals surface area (Å²) in [6.45, 7) is 4.01. The maximum absolute atomic E-state index is 6.23. The van der Waals surface area contributed by atoms with Crippen LogP contribution in [-0.4, -0.2) is 20.2 Å². The molecule has 0 bridgehead atoms. The van der Waals surface area contributed by atoms with E-state index < -0.39 is 0 Å². The highest BCUT2D eigenvalue weighted by atomic mass is 16.5. The minimum atomic E-state index is 0.516. The van der Waals surface area contributed by atoms with E-state index in [4.69, 9.17) is 4.74 Å². The first kappa shape index (κ1) is 18.8. The molecule has 0 aliphatic heterocycles. The van der Waals surface area contributed by atoms with E-state index in [0.29, 0.717) is 11.8 Å². The number of aryl methyl sites for hydroxylation is 2. The van der Waals surface area contributed by atoms with Crippen LogP contribution < -0.4 is 10.1 Å². The molecule has 0 atom stereocenters. The number of nitrogens with one attached hydrogen (secondary N) is 2. The van der Waals surface area contributed by atoms with Crippen LogP contribution in [0.2, 0.25) is 0 Å². The van der Waals surface area contributed by atoms with Gasteiger partial charge in [-0.3, -0.25) is 10.1 Å². The number of para-hydroxylation sites is 1. The zero-order valence-corrected chi connectivity index (χ0v) is 17.3. The van der Waals surface area contributed by atoms with E-state index in [9.17, 15) is 0 Å². The summed E-state index contributed by atoms with van der Waals surface area (Å²) < 4.78 is 6.23. The second-order valence-corrected chi connectivity index (χ2v) is 7.41. The molecule has 2 heterocycles. The third-order valence-electron chi connectivity index (χ3n) is 4.90. The van der Waals surface area contributed by atoms with Gasteiger partial charge in [-0.05, 0) is 55.8 Å². The number of aromatic amines is 1. The normalized spacial score (nSPS) is 10.9. The van der Waals surface area contributed by atoms with Crippen LogP contribution in [0, 0.1) is 13.8 Å². The van der Waals surface area contributed by atoms with Crippen molar-refractivity contribution >= 4 is 22.5 Å². The molecule has 0 radical (unpaired) electrons. The molecule has 6 nitrogen and oxygen atoms in total. The van der Waals surface area contributed by atoms with Crippen molar-refractivity contribution in [1.29, 1.82) is 0 Å². The van der Waals surface area contributed by atoms with Crippen LogP contribution in [0.3, 0.4) is 0 Å². The fraction of sp³-hybridized carbons (Fsp3) is 0.0800. The molecular weight excluding hydrogens is 386 g/mol. The summed E-state index contributed by atoms with van der Waals surface area (Å²) in [5.74, 6) is 2.68. The van der Waals surface area contributed by atoms with E-state index in [-0.39, 0.29) is 0 Å². The maximum atomic E-state index is 6.23. The summed E-state index contributed by atoms with van der Waals surface area (Å²) >= 11 is 0. The molecule has 0 fully saturated rings. The number of hydrogen-bond donors (Lipinski definition) is 2. The van der Waals surface area contributed by atoms with E-state index in [2.05, 4.69) is 25.5 Å². The molecule has 6 heteroatoms. The molecule has 0 saturated carbocycles. The Balaban J connectivity index is 1.41. The molecule has 31 heavy (non-hydrogen) atoms. The highest BCUT2D eigenvalue weighted by Gasteiger charge is 2.10. The van der Waals surface area contributed by atoms with Gasteiger partial charge in [-0.2, -0.15) is 4.98 Å². The molecule has 0 spiro atoms. The number of H-pyrrole nitrogens is 1. The predicted octanol–water partition coefficient (Wildman–Crippen LogP) is 6.17. The average Bonchev–Trinajstić information content (AvgIpc) is 3.22. The number of aromatic nitrogens is 4. The molecule has 2 N–H and O–H groups in total. The lowest BCUT2D eigenvalue weighted by atomic mass is 10.1. The van der Waals surface area contributed by atoms with Crippen molar-refractivity contribution in [3.05, 3.63) is 90.1 Å². The Kier molecular flexibility index (Phi) is 4.80. The average molecular weight is 407 g/mol. The summed E-state index contributed by atoms with van der Waals surface area (Å²) in [5, 5.41) is 11.5. The molecule has 5 aromatic rings. The first-order valence-electron chi connectivity index (χ1n) is 10.0. The topological polar surface area (TPSA) is 75.7 Å². The van der Waals surface area contributed by atoms with Gasteiger partial charge in [0.2, 0.25) is 5.95 Å². The molecule has 3 aromatic carbocycles. The third-order valence-corrected chi connectivity index (χ3v) is 4.90. The first-order chi connectivity index (χ1) is 15.1. The number of anilines is 2. The Morgan fingerprint density at radius 1 is 0.839 bits per heavy atom. The van der Waals surface area contributed by atoms with Crippen molar-refractivity contribution in [2.45, 2.75) is 13.8 Å². The predicted molar refractivity (Wildman–Crippen MR) is 123 cm³/mol. The Bertz CT molecular complexity index is 1380. The fourth-order valence-corrected chi connectivity index (χ4v) is 3.49. The van der Waals surface area contributed by atoms with E-state index in [1.54, 1.807) is 0 Å². The minimum absolute atomic E-state index is 0.516. The van der Waals surface area contributed by atoms with Gasteiger partial charge in [-0.25, -0.2) is 0 Å². The van der Waals surface area contributed by atoms with Gasteiger partial charge in [0, 0.05) is 28.4 Å². The highest BCUT2D eigenvalue weighted by Crippen LogP contribution is 2.31. The zero-order chi connectivity index (χ0) is 21.2. The van der Waals surface area contributed by atoms with Gasteiger partial charge >= 0.3 is 0 Å². The quantitative estimate of drug-likeness (QED) is 0.364. The monoisotopic (exact) mass is 407 g/mol. The number of benzene rings is 3. The van der Waals surface area contributed by atoms with Crippen LogP contribution in [0.15, 0.2) is 78.9 Å². The molecule has 152 valence electrons. The SMILES string of the molecule is Cc1cccc(Nc2n[nH]c(-c3cccc(Oc4cc(C)nc5ccccc45)c3)n2)c1. The van der Waals surface area contributed by atoms with E-state index in [0.717, 1.165) is 39.3 Å². The van der Waals surface area contributed by atoms with E-state index in [1.807, 2.05) is 92.7 Å². The first-order valence-corrected chi connectivity index (χ1v) is 10.0. The molecule has 0 unspecified atom stereocenters. The van der Waals surface area contributed by atoms with Gasteiger partial charge in [0.25, 0.3) is 0 Å². The van der Waals surface area contributed by atoms with Crippen LogP contribution in [0.4, 0.5) is 11.6 Å². The smallest absolute Gasteiger partial charge is 0.246 e. The van der Waals surface area contributed by atoms with Crippen molar-refractivity contribution in [3.8, 4) is 22.9 Å². The van der Waals surface area contributed by atoms with Crippen LogP contribution in [-0.2, 0) is 0 Å². The lowest BCUT2D eigenvalue weighted by Crippen LogP contribution is -1.92. The largest absolute Gasteiger partial charge is 0.457 e. The Labute approximate surface area is 180 Å². The molecule has 2 aromatic heterocycles. The van der Waals surface area contributed by atoms with Crippen molar-refractivity contribution in [3.63, 3.8) is 0 Å². The van der Waals surface area contributed by atoms with Gasteiger partial charge in [-0.1, -0.05) is 36.4 Å². The summed E-state index contributed by atoms with van der Waals surface area (Å²) in [5.41, 5.74) is 4.83. The molecule has 5 rings (SSSR count). The summed E-state index contributed by atoms with van der Waals surface area (Å²) in [6.07, 6.45) is 0. The van der Waals surface area contributed by atoms with Gasteiger partial charge in [0.1, 0.15) is 11.5 Å². The number of ether oxygens (including phenoxy) is 1. The summed E-state index contributed by atoms with van der Waals surface area (Å²) in [6, 6.07) is 25.8. The van der Waals surface area contributed by atoms with Crippen molar-refractivity contribution in [2.75, 3.05) is 5.32 Å². The fourth-order valence-electron chi connectivity index (χ4n) is 3.49. The number of rotatable bonds is 5. The van der Waals surface area contributed by atoms with Crippen LogP contribution >= 0.6 is 0 Å². The van der Waals surface area contributed by atoms with Crippen LogP contribution in [0.1, 0.15) is 11.3 Å². The summed E-state index contributed by atoms with van der Waals surface area (Å²) in [4.78, 5) is 9.15. The zero-order valence-electron chi connectivity index (χ0n) is 17.3. The van der Waals surface area contributed by atoms with Gasteiger partial charge in [-0.15, -0.1) is 5.10 Å². The second-order valence-electron chi connectivity index (χ2n) is 7.41. The number of hydrogen-bond acceptors (Lipinski definition) is 5. The van der Waals surface area contributed by atoms with Crippen molar-refractivity contribution in [1.82, 2.24) is 20.2 Å². The van der Waals surface area contributed by atoms with Crippen LogP contribution in [0.25, 0.3) is 22.3 Å². The number of nitrogens with zero attached hydrogens (tertiary/aromatic N) is 3. The summed E-state index contributed by atoms with van der Waals surface area (Å²) in [7, 11) is 0. The molecule has 0 aliphatic carbocycles. The Morgan fingerprint density at radius 2 is 1.71 bits per heavy atom. The third kappa shape index (κ3) is 4.09. The highest BCUT2D eigenvalue weighted by molar-refractivity contribution is 5.85. The van der Waals surface area contributed by atoms with Gasteiger partial charge < -0.3 is 10.1 Å². The van der Waals surface area contributed by atoms with E-state index >= 15 is 0 Å². The second kappa shape index (κ2) is 7.91. The molecule has 0 aliphatic rings. The van der Waals surface area contributed by atoms with Crippen LogP contribution in [0.5, 0.6) is 11.5 Å². The lowest BCUT2D eigenvalue weighted by Gasteiger charge is -2.10. The maximum Gasteiger partial charge on any atom is 0.246 e. The number of pyridine rings is 1. The van der Waals surface area contributed by atoms with Gasteiger partial charge in [0.05, 0.1) is 5.52 Å². The van der Waals surface area contributed by atoms with E-state index in [1.165, 1.54) is 5.56 Å². The Hall–Kier alpha value is -4.19. The molecule has 0 amide bonds. The lowest BCUT2D eigenvalue weighted by molar-refractivity contribution is 0.487. The van der Waals surface area contributed by atoms with Crippen molar-refractivity contribution in [2.24, 2.45) is 0 Å². The molecular formula is C25H21N5O.